The van der Waals surface area contributed by atoms with Gasteiger partial charge in [0.05, 0.1) is 18.1 Å². The van der Waals surface area contributed by atoms with Crippen LogP contribution in [0.3, 0.4) is 0 Å². The van der Waals surface area contributed by atoms with Crippen LogP contribution in [0.2, 0.25) is 0 Å². The lowest BCUT2D eigenvalue weighted by Gasteiger charge is -2.35. The highest BCUT2D eigenvalue weighted by Gasteiger charge is 2.68. The van der Waals surface area contributed by atoms with Crippen molar-refractivity contribution in [2.24, 2.45) is 5.41 Å². The molecule has 3 rings (SSSR count). The predicted octanol–water partition coefficient (Wildman–Crippen LogP) is 3.06. The molecule has 2 fully saturated rings. The van der Waals surface area contributed by atoms with Crippen LogP contribution < -0.4 is 0 Å². The van der Waals surface area contributed by atoms with E-state index in [2.05, 4.69) is 18.7 Å². The van der Waals surface area contributed by atoms with E-state index in [9.17, 15) is 9.18 Å². The molecule has 1 amide bonds. The van der Waals surface area contributed by atoms with Gasteiger partial charge in [0.1, 0.15) is 5.82 Å². The first-order chi connectivity index (χ1) is 12.3. The van der Waals surface area contributed by atoms with Gasteiger partial charge >= 0.3 is 0 Å². The molecule has 1 unspecified atom stereocenters. The van der Waals surface area contributed by atoms with E-state index in [0.717, 1.165) is 26.0 Å². The van der Waals surface area contributed by atoms with E-state index in [1.165, 1.54) is 6.07 Å². The molecular weight excluding hydrogens is 331 g/mol. The Labute approximate surface area is 156 Å². The van der Waals surface area contributed by atoms with Crippen molar-refractivity contribution in [3.63, 3.8) is 0 Å². The third kappa shape index (κ3) is 3.52. The van der Waals surface area contributed by atoms with Crippen LogP contribution in [-0.4, -0.2) is 62.1 Å². The van der Waals surface area contributed by atoms with Gasteiger partial charge in [0.2, 0.25) is 5.91 Å². The maximum absolute atomic E-state index is 14.5. The number of halogens is 1. The van der Waals surface area contributed by atoms with Gasteiger partial charge in [0.25, 0.3) is 0 Å². The zero-order valence-electron chi connectivity index (χ0n) is 16.4. The summed E-state index contributed by atoms with van der Waals surface area (Å²) in [6.07, 6.45) is 2.63. The van der Waals surface area contributed by atoms with Crippen LogP contribution in [-0.2, 0) is 14.9 Å². The molecule has 144 valence electrons. The number of likely N-dealkylation sites (N-methyl/N-ethyl adjacent to an activating group) is 1. The average Bonchev–Trinajstić information content (AvgIpc) is 3.18. The summed E-state index contributed by atoms with van der Waals surface area (Å²) in [4.78, 5) is 17.4. The molecule has 4 nitrogen and oxygen atoms in total. The van der Waals surface area contributed by atoms with E-state index in [-0.39, 0.29) is 23.2 Å². The summed E-state index contributed by atoms with van der Waals surface area (Å²) >= 11 is 0. The lowest BCUT2D eigenvalue weighted by molar-refractivity contribution is -0.137. The zero-order chi connectivity index (χ0) is 18.9. The monoisotopic (exact) mass is 362 g/mol. The van der Waals surface area contributed by atoms with E-state index in [0.29, 0.717) is 25.1 Å². The van der Waals surface area contributed by atoms with Gasteiger partial charge in [-0.25, -0.2) is 4.39 Å². The molecular formula is C21H31FN2O2. The Kier molecular flexibility index (Phi) is 5.40. The van der Waals surface area contributed by atoms with Crippen LogP contribution in [0.25, 0.3) is 0 Å². The Morgan fingerprint density at radius 2 is 1.88 bits per heavy atom. The van der Waals surface area contributed by atoms with E-state index in [4.69, 9.17) is 4.74 Å². The summed E-state index contributed by atoms with van der Waals surface area (Å²) in [5.41, 5.74) is -0.359. The molecule has 2 aliphatic rings. The van der Waals surface area contributed by atoms with Crippen molar-refractivity contribution >= 4 is 5.91 Å². The molecule has 1 heterocycles. The van der Waals surface area contributed by atoms with Crippen molar-refractivity contribution in [3.05, 3.63) is 35.6 Å². The van der Waals surface area contributed by atoms with Crippen molar-refractivity contribution in [3.8, 4) is 0 Å². The minimum atomic E-state index is -0.711. The molecule has 1 aromatic rings. The topological polar surface area (TPSA) is 32.8 Å². The molecule has 1 saturated carbocycles. The third-order valence-electron chi connectivity index (χ3n) is 6.06. The van der Waals surface area contributed by atoms with Crippen LogP contribution in [0.15, 0.2) is 24.3 Å². The molecule has 5 heteroatoms. The lowest BCUT2D eigenvalue weighted by atomic mass is 9.85. The second-order valence-corrected chi connectivity index (χ2v) is 8.61. The Bertz CT molecular complexity index is 653. The SMILES string of the molecule is CN(C)CCOC1CCN(C(=O)C2(c3ccccc3F)CC2(C)C)CC1. The van der Waals surface area contributed by atoms with Crippen molar-refractivity contribution in [2.75, 3.05) is 40.3 Å². The minimum absolute atomic E-state index is 0.0827. The summed E-state index contributed by atoms with van der Waals surface area (Å²) in [7, 11) is 4.06. The maximum Gasteiger partial charge on any atom is 0.233 e. The Balaban J connectivity index is 1.65. The zero-order valence-corrected chi connectivity index (χ0v) is 16.4. The highest BCUT2D eigenvalue weighted by Crippen LogP contribution is 2.65. The van der Waals surface area contributed by atoms with E-state index in [1.54, 1.807) is 12.1 Å². The number of carbonyl (C=O) groups excluding carboxylic acids is 1. The van der Waals surface area contributed by atoms with Gasteiger partial charge in [-0.05, 0) is 44.8 Å². The van der Waals surface area contributed by atoms with Gasteiger partial charge < -0.3 is 14.5 Å². The number of hydrogen-bond donors (Lipinski definition) is 0. The molecule has 1 aliphatic heterocycles. The van der Waals surface area contributed by atoms with Crippen LogP contribution in [0, 0.1) is 11.2 Å². The maximum atomic E-state index is 14.5. The number of piperidine rings is 1. The third-order valence-corrected chi connectivity index (χ3v) is 6.06. The van der Waals surface area contributed by atoms with Crippen LogP contribution >= 0.6 is 0 Å². The van der Waals surface area contributed by atoms with Gasteiger partial charge in [0, 0.05) is 25.2 Å². The molecule has 0 N–H and O–H groups in total. The number of carbonyl (C=O) groups is 1. The van der Waals surface area contributed by atoms with Gasteiger partial charge in [0.15, 0.2) is 0 Å². The highest BCUT2D eigenvalue weighted by atomic mass is 19.1. The first-order valence-corrected chi connectivity index (χ1v) is 9.59. The molecule has 26 heavy (non-hydrogen) atoms. The molecule has 1 aliphatic carbocycles. The van der Waals surface area contributed by atoms with Crippen molar-refractivity contribution in [1.29, 1.82) is 0 Å². The van der Waals surface area contributed by atoms with Gasteiger partial charge in [-0.15, -0.1) is 0 Å². The van der Waals surface area contributed by atoms with Gasteiger partial charge in [-0.1, -0.05) is 32.0 Å². The fourth-order valence-corrected chi connectivity index (χ4v) is 4.26. The summed E-state index contributed by atoms with van der Waals surface area (Å²) in [5.74, 6) is -0.187. The summed E-state index contributed by atoms with van der Waals surface area (Å²) < 4.78 is 20.4. The number of rotatable bonds is 6. The second kappa shape index (κ2) is 7.28. The molecule has 1 aromatic carbocycles. The number of hydrogen-bond acceptors (Lipinski definition) is 3. The standard InChI is InChI=1S/C21H31FN2O2/c1-20(2)15-21(20,17-7-5-6-8-18(17)22)19(25)24-11-9-16(10-12-24)26-14-13-23(3)4/h5-8,16H,9-15H2,1-4H3. The number of likely N-dealkylation sites (tertiary alicyclic amines) is 1. The molecule has 1 saturated heterocycles. The first kappa shape index (κ1) is 19.3. The predicted molar refractivity (Wildman–Crippen MR) is 101 cm³/mol. The fraction of sp³-hybridized carbons (Fsp3) is 0.667. The molecule has 0 bridgehead atoms. The largest absolute Gasteiger partial charge is 0.377 e. The molecule has 0 radical (unpaired) electrons. The average molecular weight is 362 g/mol. The summed E-state index contributed by atoms with van der Waals surface area (Å²) in [5, 5.41) is 0. The number of ether oxygens (including phenoxy) is 1. The fourth-order valence-electron chi connectivity index (χ4n) is 4.26. The quantitative estimate of drug-likeness (QED) is 0.780. The molecule has 0 aromatic heterocycles. The van der Waals surface area contributed by atoms with E-state index >= 15 is 0 Å². The van der Waals surface area contributed by atoms with Crippen molar-refractivity contribution in [1.82, 2.24) is 9.80 Å². The Hall–Kier alpha value is -1.46. The van der Waals surface area contributed by atoms with Crippen LogP contribution in [0.4, 0.5) is 4.39 Å². The van der Waals surface area contributed by atoms with Crippen molar-refractivity contribution in [2.45, 2.75) is 44.6 Å². The van der Waals surface area contributed by atoms with Crippen molar-refractivity contribution < 1.29 is 13.9 Å². The van der Waals surface area contributed by atoms with E-state index < -0.39 is 5.41 Å². The lowest BCUT2D eigenvalue weighted by Crippen LogP contribution is -2.47. The summed E-state index contributed by atoms with van der Waals surface area (Å²) in [6.45, 7) is 7.14. The normalized spacial score (nSPS) is 25.5. The minimum Gasteiger partial charge on any atom is -0.377 e. The number of amides is 1. The smallest absolute Gasteiger partial charge is 0.233 e. The first-order valence-electron chi connectivity index (χ1n) is 9.59. The van der Waals surface area contributed by atoms with Crippen LogP contribution in [0.1, 0.15) is 38.7 Å². The second-order valence-electron chi connectivity index (χ2n) is 8.61. The Morgan fingerprint density at radius 1 is 1.27 bits per heavy atom. The van der Waals surface area contributed by atoms with Gasteiger partial charge in [-0.2, -0.15) is 0 Å². The van der Waals surface area contributed by atoms with Crippen LogP contribution in [0.5, 0.6) is 0 Å². The number of nitrogens with zero attached hydrogens (tertiary/aromatic N) is 2. The Morgan fingerprint density at radius 3 is 2.42 bits per heavy atom. The molecule has 0 spiro atoms. The van der Waals surface area contributed by atoms with E-state index in [1.807, 2.05) is 25.1 Å². The summed E-state index contributed by atoms with van der Waals surface area (Å²) in [6, 6.07) is 6.75. The molecule has 1 atom stereocenters. The highest BCUT2D eigenvalue weighted by molar-refractivity contribution is 5.93. The number of benzene rings is 1. The van der Waals surface area contributed by atoms with Gasteiger partial charge in [-0.3, -0.25) is 4.79 Å².